The predicted octanol–water partition coefficient (Wildman–Crippen LogP) is 1.72. The molecule has 0 spiro atoms. The molecular weight excluding hydrogens is 180 g/mol. The highest BCUT2D eigenvalue weighted by Gasteiger charge is 2.19. The summed E-state index contributed by atoms with van der Waals surface area (Å²) >= 11 is 0. The minimum absolute atomic E-state index is 0.421. The first-order valence-corrected chi connectivity index (χ1v) is 4.32. The van der Waals surface area contributed by atoms with Crippen LogP contribution in [-0.4, -0.2) is 18.2 Å². The van der Waals surface area contributed by atoms with E-state index in [0.717, 1.165) is 16.9 Å². The van der Waals surface area contributed by atoms with Gasteiger partial charge < -0.3 is 9.84 Å². The van der Waals surface area contributed by atoms with Crippen LogP contribution in [0.2, 0.25) is 0 Å². The quantitative estimate of drug-likeness (QED) is 0.772. The molecule has 0 unspecified atom stereocenters. The molecule has 0 bridgehead atoms. The third-order valence-corrected chi connectivity index (χ3v) is 2.35. The van der Waals surface area contributed by atoms with E-state index in [9.17, 15) is 4.79 Å². The van der Waals surface area contributed by atoms with Crippen molar-refractivity contribution in [3.05, 3.63) is 34.9 Å². The number of fused-ring (bicyclic) bond motifs is 1. The minimum Gasteiger partial charge on any atom is -0.496 e. The van der Waals surface area contributed by atoms with Crippen molar-refractivity contribution in [3.8, 4) is 5.75 Å². The number of ether oxygens (including phenoxy) is 1. The number of carbonyl (C=O) groups is 1. The number of rotatable bonds is 2. The van der Waals surface area contributed by atoms with Crippen LogP contribution in [0.4, 0.5) is 0 Å². The smallest absolute Gasteiger partial charge is 0.331 e. The summed E-state index contributed by atoms with van der Waals surface area (Å²) in [6.45, 7) is 0. The summed E-state index contributed by atoms with van der Waals surface area (Å²) in [6, 6.07) is 5.63. The first-order valence-electron chi connectivity index (χ1n) is 4.32. The second-order valence-corrected chi connectivity index (χ2v) is 3.18. The molecule has 0 aromatic heterocycles. The van der Waals surface area contributed by atoms with Gasteiger partial charge in [0.05, 0.1) is 7.11 Å². The summed E-state index contributed by atoms with van der Waals surface area (Å²) in [6.07, 6.45) is 2.17. The Morgan fingerprint density at radius 2 is 2.29 bits per heavy atom. The number of carboxylic acids is 1. The van der Waals surface area contributed by atoms with Gasteiger partial charge in [-0.1, -0.05) is 12.1 Å². The highest BCUT2D eigenvalue weighted by atomic mass is 16.5. The lowest BCUT2D eigenvalue weighted by molar-refractivity contribution is -0.132. The highest BCUT2D eigenvalue weighted by Crippen LogP contribution is 2.32. The van der Waals surface area contributed by atoms with E-state index in [1.807, 2.05) is 18.2 Å². The normalized spacial score (nSPS) is 13.4. The molecule has 0 saturated heterocycles. The number of aliphatic carboxylic acids is 1. The zero-order valence-electron chi connectivity index (χ0n) is 7.78. The molecule has 1 aliphatic carbocycles. The standard InChI is InChI=1S/C11H10O3/c1-14-10-4-2-3-7-5-8(11(12)13)6-9(7)10/h2-4,6H,5H2,1H3,(H,12,13). The third-order valence-electron chi connectivity index (χ3n) is 2.35. The maximum absolute atomic E-state index is 10.8. The van der Waals surface area contributed by atoms with Crippen molar-refractivity contribution in [1.29, 1.82) is 0 Å². The van der Waals surface area contributed by atoms with E-state index in [1.54, 1.807) is 13.2 Å². The number of hydrogen-bond acceptors (Lipinski definition) is 2. The summed E-state index contributed by atoms with van der Waals surface area (Å²) in [5, 5.41) is 8.84. The molecular formula is C11H10O3. The molecule has 1 aromatic rings. The molecule has 0 saturated carbocycles. The maximum atomic E-state index is 10.8. The molecule has 3 nitrogen and oxygen atoms in total. The van der Waals surface area contributed by atoms with Crippen molar-refractivity contribution in [3.63, 3.8) is 0 Å². The Morgan fingerprint density at radius 3 is 2.93 bits per heavy atom. The summed E-state index contributed by atoms with van der Waals surface area (Å²) < 4.78 is 5.15. The van der Waals surface area contributed by atoms with Crippen molar-refractivity contribution in [1.82, 2.24) is 0 Å². The Balaban J connectivity index is 2.47. The Morgan fingerprint density at radius 1 is 1.50 bits per heavy atom. The molecule has 0 amide bonds. The second-order valence-electron chi connectivity index (χ2n) is 3.18. The van der Waals surface area contributed by atoms with Gasteiger partial charge in [0.15, 0.2) is 0 Å². The van der Waals surface area contributed by atoms with E-state index in [1.165, 1.54) is 0 Å². The van der Waals surface area contributed by atoms with Gasteiger partial charge in [0, 0.05) is 17.6 Å². The average molecular weight is 190 g/mol. The fourth-order valence-corrected chi connectivity index (χ4v) is 1.65. The molecule has 1 aromatic carbocycles. The van der Waals surface area contributed by atoms with Gasteiger partial charge in [0.2, 0.25) is 0 Å². The van der Waals surface area contributed by atoms with Gasteiger partial charge >= 0.3 is 5.97 Å². The molecule has 2 rings (SSSR count). The predicted molar refractivity (Wildman–Crippen MR) is 52.3 cm³/mol. The third kappa shape index (κ3) is 1.27. The molecule has 0 atom stereocenters. The Labute approximate surface area is 81.6 Å². The molecule has 0 fully saturated rings. The zero-order chi connectivity index (χ0) is 10.1. The SMILES string of the molecule is COc1cccc2c1C=C(C(=O)O)C2. The monoisotopic (exact) mass is 190 g/mol. The van der Waals surface area contributed by atoms with Crippen LogP contribution in [0.5, 0.6) is 5.75 Å². The lowest BCUT2D eigenvalue weighted by Crippen LogP contribution is -1.99. The fourth-order valence-electron chi connectivity index (χ4n) is 1.65. The summed E-state index contributed by atoms with van der Waals surface area (Å²) in [5.41, 5.74) is 2.33. The molecule has 0 aliphatic heterocycles. The molecule has 1 N–H and O–H groups in total. The topological polar surface area (TPSA) is 46.5 Å². The fraction of sp³-hybridized carbons (Fsp3) is 0.182. The molecule has 3 heteroatoms. The van der Waals surface area contributed by atoms with Gasteiger partial charge in [-0.25, -0.2) is 4.79 Å². The van der Waals surface area contributed by atoms with E-state index in [4.69, 9.17) is 9.84 Å². The Hall–Kier alpha value is -1.77. The number of hydrogen-bond donors (Lipinski definition) is 1. The van der Waals surface area contributed by atoms with Crippen LogP contribution >= 0.6 is 0 Å². The Kier molecular flexibility index (Phi) is 2.00. The van der Waals surface area contributed by atoms with Crippen molar-refractivity contribution in [2.24, 2.45) is 0 Å². The first kappa shape index (κ1) is 8.81. The lowest BCUT2D eigenvalue weighted by atomic mass is 10.1. The lowest BCUT2D eigenvalue weighted by Gasteiger charge is -2.04. The van der Waals surface area contributed by atoms with Crippen molar-refractivity contribution >= 4 is 12.0 Å². The van der Waals surface area contributed by atoms with Crippen LogP contribution in [-0.2, 0) is 11.2 Å². The van der Waals surface area contributed by atoms with Gasteiger partial charge in [-0.3, -0.25) is 0 Å². The second kappa shape index (κ2) is 3.18. The van der Waals surface area contributed by atoms with Crippen LogP contribution < -0.4 is 4.74 Å². The summed E-state index contributed by atoms with van der Waals surface area (Å²) in [5.74, 6) is -0.123. The summed E-state index contributed by atoms with van der Waals surface area (Å²) in [7, 11) is 1.59. The minimum atomic E-state index is -0.858. The molecule has 0 radical (unpaired) electrons. The van der Waals surface area contributed by atoms with Crippen molar-refractivity contribution < 1.29 is 14.6 Å². The highest BCUT2D eigenvalue weighted by molar-refractivity contribution is 5.96. The summed E-state index contributed by atoms with van der Waals surface area (Å²) in [4.78, 5) is 10.8. The van der Waals surface area contributed by atoms with E-state index in [2.05, 4.69) is 0 Å². The number of methoxy groups -OCH3 is 1. The average Bonchev–Trinajstić information content (AvgIpc) is 2.60. The largest absolute Gasteiger partial charge is 0.496 e. The van der Waals surface area contributed by atoms with Gasteiger partial charge in [0.1, 0.15) is 5.75 Å². The van der Waals surface area contributed by atoms with Gasteiger partial charge in [0.25, 0.3) is 0 Å². The van der Waals surface area contributed by atoms with Crippen LogP contribution in [0.15, 0.2) is 23.8 Å². The van der Waals surface area contributed by atoms with Crippen LogP contribution in [0.1, 0.15) is 11.1 Å². The van der Waals surface area contributed by atoms with Crippen LogP contribution in [0.25, 0.3) is 6.08 Å². The number of carboxylic acid groups (broad SMARTS) is 1. The molecule has 14 heavy (non-hydrogen) atoms. The van der Waals surface area contributed by atoms with Gasteiger partial charge in [-0.2, -0.15) is 0 Å². The van der Waals surface area contributed by atoms with Crippen LogP contribution in [0.3, 0.4) is 0 Å². The van der Waals surface area contributed by atoms with Crippen LogP contribution in [0, 0.1) is 0 Å². The number of benzene rings is 1. The van der Waals surface area contributed by atoms with Crippen molar-refractivity contribution in [2.45, 2.75) is 6.42 Å². The van der Waals surface area contributed by atoms with Crippen molar-refractivity contribution in [2.75, 3.05) is 7.11 Å². The first-order chi connectivity index (χ1) is 6.72. The van der Waals surface area contributed by atoms with E-state index >= 15 is 0 Å². The molecule has 72 valence electrons. The maximum Gasteiger partial charge on any atom is 0.331 e. The van der Waals surface area contributed by atoms with E-state index in [0.29, 0.717) is 12.0 Å². The van der Waals surface area contributed by atoms with E-state index < -0.39 is 5.97 Å². The molecule has 1 aliphatic rings. The molecule has 0 heterocycles. The van der Waals surface area contributed by atoms with E-state index in [-0.39, 0.29) is 0 Å². The Bertz CT molecular complexity index is 419. The zero-order valence-corrected chi connectivity index (χ0v) is 7.78. The van der Waals surface area contributed by atoms with Gasteiger partial charge in [-0.05, 0) is 17.7 Å². The van der Waals surface area contributed by atoms with Gasteiger partial charge in [-0.15, -0.1) is 0 Å².